The number of methoxy groups -OCH3 is 1. The third-order valence-corrected chi connectivity index (χ3v) is 4.14. The van der Waals surface area contributed by atoms with Crippen LogP contribution in [0.5, 0.6) is 0 Å². The lowest BCUT2D eigenvalue weighted by atomic mass is 9.85. The van der Waals surface area contributed by atoms with Gasteiger partial charge in [0.05, 0.1) is 13.2 Å². The lowest BCUT2D eigenvalue weighted by Gasteiger charge is -2.36. The molecule has 1 aliphatic carbocycles. The summed E-state index contributed by atoms with van der Waals surface area (Å²) in [7, 11) is 1.74. The first-order valence-corrected chi connectivity index (χ1v) is 7.67. The molecule has 0 spiro atoms. The molecule has 0 aromatic rings. The molecule has 0 aromatic carbocycles. The van der Waals surface area contributed by atoms with Crippen molar-refractivity contribution in [2.75, 3.05) is 46.5 Å². The topological polar surface area (TPSA) is 44.7 Å². The zero-order valence-corrected chi connectivity index (χ0v) is 13.0. The largest absolute Gasteiger partial charge is 0.395 e. The number of nitrogens with zero attached hydrogens (tertiary/aromatic N) is 1. The molecule has 4 heteroatoms. The summed E-state index contributed by atoms with van der Waals surface area (Å²) >= 11 is 0. The summed E-state index contributed by atoms with van der Waals surface area (Å²) in [6, 6.07) is 0.544. The van der Waals surface area contributed by atoms with E-state index >= 15 is 0 Å². The molecule has 1 fully saturated rings. The van der Waals surface area contributed by atoms with Crippen molar-refractivity contribution in [3.05, 3.63) is 0 Å². The maximum Gasteiger partial charge on any atom is 0.0589 e. The van der Waals surface area contributed by atoms with Crippen molar-refractivity contribution < 1.29 is 9.84 Å². The molecule has 1 saturated carbocycles. The van der Waals surface area contributed by atoms with Crippen LogP contribution in [0.3, 0.4) is 0 Å². The molecular formula is C15H32N2O2. The van der Waals surface area contributed by atoms with E-state index in [-0.39, 0.29) is 6.61 Å². The lowest BCUT2D eigenvalue weighted by molar-refractivity contribution is 0.0896. The fourth-order valence-electron chi connectivity index (χ4n) is 3.04. The van der Waals surface area contributed by atoms with Gasteiger partial charge in [0.25, 0.3) is 0 Å². The van der Waals surface area contributed by atoms with Crippen LogP contribution >= 0.6 is 0 Å². The molecule has 19 heavy (non-hydrogen) atoms. The number of hydrogen-bond donors (Lipinski definition) is 2. The first kappa shape index (κ1) is 16.9. The van der Waals surface area contributed by atoms with Gasteiger partial charge in [-0.25, -0.2) is 0 Å². The van der Waals surface area contributed by atoms with E-state index in [2.05, 4.69) is 24.1 Å². The highest BCUT2D eigenvalue weighted by atomic mass is 16.5. The highest BCUT2D eigenvalue weighted by Gasteiger charge is 2.35. The summed E-state index contributed by atoms with van der Waals surface area (Å²) in [5.74, 6) is 0. The van der Waals surface area contributed by atoms with Crippen molar-refractivity contribution >= 4 is 0 Å². The van der Waals surface area contributed by atoms with Crippen LogP contribution in [-0.4, -0.2) is 62.6 Å². The zero-order valence-electron chi connectivity index (χ0n) is 13.0. The van der Waals surface area contributed by atoms with Gasteiger partial charge in [-0.2, -0.15) is 0 Å². The van der Waals surface area contributed by atoms with Gasteiger partial charge in [-0.15, -0.1) is 0 Å². The van der Waals surface area contributed by atoms with Gasteiger partial charge in [-0.3, -0.25) is 4.90 Å². The molecule has 0 amide bonds. The van der Waals surface area contributed by atoms with Gasteiger partial charge >= 0.3 is 0 Å². The van der Waals surface area contributed by atoms with Gasteiger partial charge in [0.2, 0.25) is 0 Å². The molecule has 114 valence electrons. The van der Waals surface area contributed by atoms with Gasteiger partial charge in [-0.1, -0.05) is 26.7 Å². The summed E-state index contributed by atoms with van der Waals surface area (Å²) < 4.78 is 5.18. The third-order valence-electron chi connectivity index (χ3n) is 4.14. The molecule has 0 heterocycles. The second kappa shape index (κ2) is 8.90. The predicted octanol–water partition coefficient (Wildman–Crippen LogP) is 1.49. The molecule has 0 unspecified atom stereocenters. The minimum Gasteiger partial charge on any atom is -0.395 e. The highest BCUT2D eigenvalue weighted by molar-refractivity contribution is 4.90. The SMILES string of the molecule is COCCN(CCO)CC1(CNC(C)C)CCCC1. The summed E-state index contributed by atoms with van der Waals surface area (Å²) in [4.78, 5) is 2.36. The summed E-state index contributed by atoms with van der Waals surface area (Å²) in [5, 5.41) is 12.8. The average molecular weight is 272 g/mol. The highest BCUT2D eigenvalue weighted by Crippen LogP contribution is 2.38. The molecule has 0 aliphatic heterocycles. The van der Waals surface area contributed by atoms with Crippen LogP contribution < -0.4 is 5.32 Å². The van der Waals surface area contributed by atoms with E-state index in [1.165, 1.54) is 25.7 Å². The number of aliphatic hydroxyl groups is 1. The summed E-state index contributed by atoms with van der Waals surface area (Å²) in [5.41, 5.74) is 0.396. The number of rotatable bonds is 10. The van der Waals surface area contributed by atoms with Gasteiger partial charge in [0, 0.05) is 39.3 Å². The second-order valence-corrected chi connectivity index (χ2v) is 6.24. The minimum atomic E-state index is 0.234. The van der Waals surface area contributed by atoms with E-state index in [1.54, 1.807) is 7.11 Å². The molecule has 0 atom stereocenters. The Kier molecular flexibility index (Phi) is 7.91. The number of ether oxygens (including phenoxy) is 1. The first-order valence-electron chi connectivity index (χ1n) is 7.67. The van der Waals surface area contributed by atoms with Crippen LogP contribution in [0.2, 0.25) is 0 Å². The zero-order chi connectivity index (χ0) is 14.1. The van der Waals surface area contributed by atoms with Crippen LogP contribution in [0, 0.1) is 5.41 Å². The van der Waals surface area contributed by atoms with Crippen LogP contribution in [0.25, 0.3) is 0 Å². The molecule has 0 aromatic heterocycles. The Balaban J connectivity index is 2.53. The van der Waals surface area contributed by atoms with E-state index < -0.39 is 0 Å². The number of aliphatic hydroxyl groups excluding tert-OH is 1. The molecule has 0 radical (unpaired) electrons. The third kappa shape index (κ3) is 6.21. The molecule has 4 nitrogen and oxygen atoms in total. The Bertz CT molecular complexity index is 228. The smallest absolute Gasteiger partial charge is 0.0589 e. The lowest BCUT2D eigenvalue weighted by Crippen LogP contribution is -2.45. The van der Waals surface area contributed by atoms with Gasteiger partial charge in [0.1, 0.15) is 0 Å². The van der Waals surface area contributed by atoms with Gasteiger partial charge in [-0.05, 0) is 18.3 Å². The normalized spacial score (nSPS) is 18.6. The molecular weight excluding hydrogens is 240 g/mol. The summed E-state index contributed by atoms with van der Waals surface area (Å²) in [6.07, 6.45) is 5.30. The molecule has 0 saturated heterocycles. The molecule has 2 N–H and O–H groups in total. The van der Waals surface area contributed by atoms with E-state index in [0.717, 1.165) is 32.8 Å². The number of nitrogens with one attached hydrogen (secondary N) is 1. The Morgan fingerprint density at radius 3 is 2.47 bits per heavy atom. The fraction of sp³-hybridized carbons (Fsp3) is 1.00. The molecule has 0 bridgehead atoms. The van der Waals surface area contributed by atoms with Crippen molar-refractivity contribution in [2.45, 2.75) is 45.6 Å². The van der Waals surface area contributed by atoms with Crippen LogP contribution in [-0.2, 0) is 4.74 Å². The minimum absolute atomic E-state index is 0.234. The van der Waals surface area contributed by atoms with E-state index in [4.69, 9.17) is 4.74 Å². The maximum atomic E-state index is 9.21. The number of hydrogen-bond acceptors (Lipinski definition) is 4. The second-order valence-electron chi connectivity index (χ2n) is 6.24. The first-order chi connectivity index (χ1) is 9.12. The van der Waals surface area contributed by atoms with Crippen LogP contribution in [0.4, 0.5) is 0 Å². The molecule has 1 rings (SSSR count). The van der Waals surface area contributed by atoms with Crippen LogP contribution in [0.1, 0.15) is 39.5 Å². The van der Waals surface area contributed by atoms with Crippen molar-refractivity contribution in [3.8, 4) is 0 Å². The summed E-state index contributed by atoms with van der Waals surface area (Å²) in [6.45, 7) is 9.24. The quantitative estimate of drug-likeness (QED) is 0.632. The van der Waals surface area contributed by atoms with Crippen molar-refractivity contribution in [3.63, 3.8) is 0 Å². The monoisotopic (exact) mass is 272 g/mol. The van der Waals surface area contributed by atoms with E-state index in [0.29, 0.717) is 11.5 Å². The van der Waals surface area contributed by atoms with Crippen molar-refractivity contribution in [2.24, 2.45) is 5.41 Å². The van der Waals surface area contributed by atoms with Crippen LogP contribution in [0.15, 0.2) is 0 Å². The van der Waals surface area contributed by atoms with Crippen molar-refractivity contribution in [1.82, 2.24) is 10.2 Å². The van der Waals surface area contributed by atoms with Gasteiger partial charge < -0.3 is 15.2 Å². The Morgan fingerprint density at radius 2 is 1.95 bits per heavy atom. The average Bonchev–Trinajstić information content (AvgIpc) is 2.83. The Morgan fingerprint density at radius 1 is 1.26 bits per heavy atom. The Labute approximate surface area is 118 Å². The van der Waals surface area contributed by atoms with E-state index in [9.17, 15) is 5.11 Å². The molecule has 1 aliphatic rings. The fourth-order valence-corrected chi connectivity index (χ4v) is 3.04. The predicted molar refractivity (Wildman–Crippen MR) is 79.4 cm³/mol. The maximum absolute atomic E-state index is 9.21. The van der Waals surface area contributed by atoms with Crippen molar-refractivity contribution in [1.29, 1.82) is 0 Å². The standard InChI is InChI=1S/C15H32N2O2/c1-14(2)16-12-15(6-4-5-7-15)13-17(8-10-18)9-11-19-3/h14,16,18H,4-13H2,1-3H3. The Hall–Kier alpha value is -0.160. The van der Waals surface area contributed by atoms with E-state index in [1.807, 2.05) is 0 Å². The van der Waals surface area contributed by atoms with Gasteiger partial charge in [0.15, 0.2) is 0 Å².